The molecule has 0 fully saturated rings. The lowest BCUT2D eigenvalue weighted by Gasteiger charge is -2.14. The molecule has 0 aliphatic carbocycles. The highest BCUT2D eigenvalue weighted by Gasteiger charge is 2.15. The van der Waals surface area contributed by atoms with Crippen molar-refractivity contribution in [3.63, 3.8) is 0 Å². The van der Waals surface area contributed by atoms with Crippen LogP contribution >= 0.6 is 11.3 Å². The number of rotatable bonds is 7. The van der Waals surface area contributed by atoms with Crippen molar-refractivity contribution >= 4 is 22.9 Å². The molecule has 0 unspecified atom stereocenters. The maximum atomic E-state index is 11.9. The lowest BCUT2D eigenvalue weighted by atomic mass is 10.2. The van der Waals surface area contributed by atoms with E-state index in [4.69, 9.17) is 9.47 Å². The van der Waals surface area contributed by atoms with Gasteiger partial charge < -0.3 is 14.8 Å². The average Bonchev–Trinajstić information content (AvgIpc) is 3.07. The van der Waals surface area contributed by atoms with Crippen LogP contribution in [0, 0.1) is 10.1 Å². The van der Waals surface area contributed by atoms with E-state index in [0.29, 0.717) is 5.75 Å². The van der Waals surface area contributed by atoms with Crippen molar-refractivity contribution in [2.75, 3.05) is 13.7 Å². The Morgan fingerprint density at radius 2 is 2.17 bits per heavy atom. The van der Waals surface area contributed by atoms with Crippen LogP contribution in [0.25, 0.3) is 0 Å². The number of methoxy groups -OCH3 is 1. The van der Waals surface area contributed by atoms with Crippen molar-refractivity contribution in [3.8, 4) is 11.5 Å². The molecule has 0 radical (unpaired) electrons. The lowest BCUT2D eigenvalue weighted by Crippen LogP contribution is -2.30. The van der Waals surface area contributed by atoms with Crippen LogP contribution in [0.3, 0.4) is 0 Å². The molecule has 7 nitrogen and oxygen atoms in total. The Balaban J connectivity index is 1.98. The van der Waals surface area contributed by atoms with Gasteiger partial charge in [-0.25, -0.2) is 0 Å². The largest absolute Gasteiger partial charge is 0.493 e. The Labute approximate surface area is 137 Å². The van der Waals surface area contributed by atoms with E-state index >= 15 is 0 Å². The highest BCUT2D eigenvalue weighted by Crippen LogP contribution is 2.31. The van der Waals surface area contributed by atoms with Crippen molar-refractivity contribution < 1.29 is 19.2 Å². The Hall–Kier alpha value is -2.61. The fourth-order valence-corrected chi connectivity index (χ4v) is 2.66. The minimum absolute atomic E-state index is 0.127. The van der Waals surface area contributed by atoms with Gasteiger partial charge in [-0.2, -0.15) is 0 Å². The SMILES string of the molecule is COc1ccc([N+](=O)[O-])cc1OCC(=O)N[C@@H](C)c1cccs1. The third-order valence-electron chi connectivity index (χ3n) is 3.06. The molecule has 1 aromatic carbocycles. The summed E-state index contributed by atoms with van der Waals surface area (Å²) in [4.78, 5) is 23.2. The van der Waals surface area contributed by atoms with E-state index in [-0.39, 0.29) is 30.0 Å². The molecule has 122 valence electrons. The number of amides is 1. The maximum absolute atomic E-state index is 11.9. The van der Waals surface area contributed by atoms with E-state index in [0.717, 1.165) is 4.88 Å². The van der Waals surface area contributed by atoms with Gasteiger partial charge in [0.1, 0.15) is 0 Å². The van der Waals surface area contributed by atoms with E-state index in [1.807, 2.05) is 24.4 Å². The molecule has 1 N–H and O–H groups in total. The quantitative estimate of drug-likeness (QED) is 0.620. The molecule has 2 aromatic rings. The van der Waals surface area contributed by atoms with Crippen molar-refractivity contribution in [1.82, 2.24) is 5.32 Å². The topological polar surface area (TPSA) is 90.7 Å². The van der Waals surface area contributed by atoms with E-state index in [1.165, 1.54) is 25.3 Å². The maximum Gasteiger partial charge on any atom is 0.273 e. The summed E-state index contributed by atoms with van der Waals surface area (Å²) >= 11 is 1.55. The first-order valence-electron chi connectivity index (χ1n) is 6.79. The predicted octanol–water partition coefficient (Wildman–Crippen LogP) is 2.92. The smallest absolute Gasteiger partial charge is 0.273 e. The molecule has 0 aliphatic heterocycles. The molecular formula is C15H16N2O5S. The zero-order chi connectivity index (χ0) is 16.8. The molecule has 1 heterocycles. The third-order valence-corrected chi connectivity index (χ3v) is 4.12. The molecule has 0 bridgehead atoms. The second-order valence-electron chi connectivity index (χ2n) is 4.69. The molecule has 1 atom stereocenters. The number of carbonyl (C=O) groups is 1. The first kappa shape index (κ1) is 16.8. The number of nitro groups is 1. The van der Waals surface area contributed by atoms with Crippen molar-refractivity contribution in [2.45, 2.75) is 13.0 Å². The predicted molar refractivity (Wildman–Crippen MR) is 86.0 cm³/mol. The fourth-order valence-electron chi connectivity index (χ4n) is 1.93. The number of nitro benzene ring substituents is 1. The van der Waals surface area contributed by atoms with E-state index in [1.54, 1.807) is 11.3 Å². The van der Waals surface area contributed by atoms with E-state index in [9.17, 15) is 14.9 Å². The number of hydrogen-bond acceptors (Lipinski definition) is 6. The van der Waals surface area contributed by atoms with Crippen LogP contribution in [-0.2, 0) is 4.79 Å². The van der Waals surface area contributed by atoms with E-state index in [2.05, 4.69) is 5.32 Å². The number of benzene rings is 1. The Morgan fingerprint density at radius 3 is 2.78 bits per heavy atom. The molecular weight excluding hydrogens is 320 g/mol. The van der Waals surface area contributed by atoms with Crippen molar-refractivity contribution in [1.29, 1.82) is 0 Å². The van der Waals surface area contributed by atoms with Gasteiger partial charge in [0.05, 0.1) is 24.1 Å². The van der Waals surface area contributed by atoms with Crippen LogP contribution in [0.4, 0.5) is 5.69 Å². The number of non-ortho nitro benzene ring substituents is 1. The number of thiophene rings is 1. The molecule has 0 spiro atoms. The molecule has 0 aliphatic rings. The van der Waals surface area contributed by atoms with Crippen LogP contribution in [0.2, 0.25) is 0 Å². The minimum Gasteiger partial charge on any atom is -0.493 e. The zero-order valence-corrected chi connectivity index (χ0v) is 13.5. The van der Waals surface area contributed by atoms with Gasteiger partial charge in [0.25, 0.3) is 11.6 Å². The van der Waals surface area contributed by atoms with Gasteiger partial charge in [0, 0.05) is 10.9 Å². The normalized spacial score (nSPS) is 11.6. The number of nitrogens with one attached hydrogen (secondary N) is 1. The van der Waals surface area contributed by atoms with Crippen LogP contribution in [0.1, 0.15) is 17.8 Å². The van der Waals surface area contributed by atoms with Gasteiger partial charge in [-0.15, -0.1) is 11.3 Å². The highest BCUT2D eigenvalue weighted by molar-refractivity contribution is 7.10. The second kappa shape index (κ2) is 7.59. The summed E-state index contributed by atoms with van der Waals surface area (Å²) in [5.74, 6) is 0.162. The molecule has 23 heavy (non-hydrogen) atoms. The zero-order valence-electron chi connectivity index (χ0n) is 12.6. The molecule has 2 rings (SSSR count). The number of ether oxygens (including phenoxy) is 2. The number of carbonyl (C=O) groups excluding carboxylic acids is 1. The first-order valence-corrected chi connectivity index (χ1v) is 7.67. The second-order valence-corrected chi connectivity index (χ2v) is 5.66. The Morgan fingerprint density at radius 1 is 1.39 bits per heavy atom. The first-order chi connectivity index (χ1) is 11.0. The van der Waals surface area contributed by atoms with Gasteiger partial charge in [-0.3, -0.25) is 14.9 Å². The summed E-state index contributed by atoms with van der Waals surface area (Å²) in [5, 5.41) is 15.5. The summed E-state index contributed by atoms with van der Waals surface area (Å²) in [7, 11) is 1.42. The minimum atomic E-state index is -0.536. The van der Waals surface area contributed by atoms with Crippen LogP contribution in [0.15, 0.2) is 35.7 Å². The number of hydrogen-bond donors (Lipinski definition) is 1. The van der Waals surface area contributed by atoms with Crippen LogP contribution in [-0.4, -0.2) is 24.5 Å². The van der Waals surface area contributed by atoms with Crippen LogP contribution < -0.4 is 14.8 Å². The summed E-state index contributed by atoms with van der Waals surface area (Å²) in [6.07, 6.45) is 0. The number of nitrogens with zero attached hydrogens (tertiary/aromatic N) is 1. The molecule has 8 heteroatoms. The summed E-state index contributed by atoms with van der Waals surface area (Å²) in [5.41, 5.74) is -0.131. The third kappa shape index (κ3) is 4.43. The fraction of sp³-hybridized carbons (Fsp3) is 0.267. The standard InChI is InChI=1S/C15H16N2O5S/c1-10(14-4-3-7-23-14)16-15(18)9-22-13-8-11(17(19)20)5-6-12(13)21-2/h3-8,10H,9H2,1-2H3,(H,16,18)/t10-/m0/s1. The van der Waals surface area contributed by atoms with Gasteiger partial charge in [0.2, 0.25) is 0 Å². The summed E-state index contributed by atoms with van der Waals surface area (Å²) in [6.45, 7) is 1.62. The van der Waals surface area contributed by atoms with Crippen molar-refractivity contribution in [3.05, 3.63) is 50.7 Å². The Bertz CT molecular complexity index is 687. The highest BCUT2D eigenvalue weighted by atomic mass is 32.1. The van der Waals surface area contributed by atoms with E-state index < -0.39 is 4.92 Å². The molecule has 0 saturated heterocycles. The Kier molecular flexibility index (Phi) is 5.53. The summed E-state index contributed by atoms with van der Waals surface area (Å²) < 4.78 is 10.4. The monoisotopic (exact) mass is 336 g/mol. The molecule has 1 aromatic heterocycles. The van der Waals surface area contributed by atoms with Gasteiger partial charge >= 0.3 is 0 Å². The van der Waals surface area contributed by atoms with Gasteiger partial charge in [-0.1, -0.05) is 6.07 Å². The molecule has 1 amide bonds. The van der Waals surface area contributed by atoms with Crippen molar-refractivity contribution in [2.24, 2.45) is 0 Å². The van der Waals surface area contributed by atoms with Gasteiger partial charge in [-0.05, 0) is 24.4 Å². The van der Waals surface area contributed by atoms with Gasteiger partial charge in [0.15, 0.2) is 18.1 Å². The summed E-state index contributed by atoms with van der Waals surface area (Å²) in [6, 6.07) is 7.69. The van der Waals surface area contributed by atoms with Crippen LogP contribution in [0.5, 0.6) is 11.5 Å². The average molecular weight is 336 g/mol. The lowest BCUT2D eigenvalue weighted by molar-refractivity contribution is -0.385. The molecule has 0 saturated carbocycles.